The van der Waals surface area contributed by atoms with Crippen molar-refractivity contribution < 1.29 is 14.3 Å². The summed E-state index contributed by atoms with van der Waals surface area (Å²) in [5.41, 5.74) is 1.16. The zero-order valence-corrected chi connectivity index (χ0v) is 12.3. The molecule has 0 bridgehead atoms. The van der Waals surface area contributed by atoms with Crippen LogP contribution in [0.25, 0.3) is 0 Å². The second-order valence-corrected chi connectivity index (χ2v) is 4.76. The van der Waals surface area contributed by atoms with Crippen LogP contribution < -0.4 is 10.1 Å². The molecule has 0 aromatic heterocycles. The molecule has 19 heavy (non-hydrogen) atoms. The molecule has 0 saturated carbocycles. The van der Waals surface area contributed by atoms with Crippen molar-refractivity contribution >= 4 is 5.97 Å². The SMILES string of the molecule is COC(=O)C(C)C(C)NC(C)c1ccc(OC)cc1. The number of carbonyl (C=O) groups is 1. The second-order valence-electron chi connectivity index (χ2n) is 4.76. The lowest BCUT2D eigenvalue weighted by atomic mass is 10.0. The molecule has 1 aromatic rings. The third-order valence-electron chi connectivity index (χ3n) is 3.45. The van der Waals surface area contributed by atoms with E-state index in [-0.39, 0.29) is 24.0 Å². The average Bonchev–Trinajstić information content (AvgIpc) is 2.45. The van der Waals surface area contributed by atoms with Gasteiger partial charge < -0.3 is 14.8 Å². The normalized spacial score (nSPS) is 15.4. The predicted molar refractivity (Wildman–Crippen MR) is 75.2 cm³/mol. The number of esters is 1. The molecule has 3 atom stereocenters. The van der Waals surface area contributed by atoms with Crippen molar-refractivity contribution in [2.45, 2.75) is 32.9 Å². The minimum Gasteiger partial charge on any atom is -0.497 e. The molecule has 4 heteroatoms. The Kier molecular flexibility index (Phi) is 5.83. The van der Waals surface area contributed by atoms with E-state index < -0.39 is 0 Å². The third-order valence-corrected chi connectivity index (χ3v) is 3.45. The van der Waals surface area contributed by atoms with E-state index in [1.807, 2.05) is 38.1 Å². The Hall–Kier alpha value is -1.55. The van der Waals surface area contributed by atoms with Crippen molar-refractivity contribution in [1.29, 1.82) is 0 Å². The van der Waals surface area contributed by atoms with Crippen LogP contribution in [0.1, 0.15) is 32.4 Å². The molecule has 0 saturated heterocycles. The van der Waals surface area contributed by atoms with Gasteiger partial charge in [0.2, 0.25) is 0 Å². The summed E-state index contributed by atoms with van der Waals surface area (Å²) in [7, 11) is 3.06. The van der Waals surface area contributed by atoms with Gasteiger partial charge in [0.25, 0.3) is 0 Å². The Morgan fingerprint density at radius 3 is 2.16 bits per heavy atom. The van der Waals surface area contributed by atoms with Gasteiger partial charge in [0.05, 0.1) is 20.1 Å². The fourth-order valence-corrected chi connectivity index (χ4v) is 1.92. The molecule has 0 spiro atoms. The van der Waals surface area contributed by atoms with E-state index in [1.54, 1.807) is 7.11 Å². The van der Waals surface area contributed by atoms with Crippen molar-refractivity contribution in [2.75, 3.05) is 14.2 Å². The molecule has 106 valence electrons. The summed E-state index contributed by atoms with van der Waals surface area (Å²) in [6, 6.07) is 8.11. The van der Waals surface area contributed by atoms with Gasteiger partial charge in [0.1, 0.15) is 5.75 Å². The molecule has 3 unspecified atom stereocenters. The lowest BCUT2D eigenvalue weighted by Gasteiger charge is -2.24. The van der Waals surface area contributed by atoms with Crippen molar-refractivity contribution in [3.05, 3.63) is 29.8 Å². The van der Waals surface area contributed by atoms with Gasteiger partial charge in [0.15, 0.2) is 0 Å². The Labute approximate surface area is 115 Å². The van der Waals surface area contributed by atoms with E-state index in [4.69, 9.17) is 9.47 Å². The highest BCUT2D eigenvalue weighted by atomic mass is 16.5. The summed E-state index contributed by atoms with van der Waals surface area (Å²) < 4.78 is 9.89. The number of nitrogens with one attached hydrogen (secondary N) is 1. The van der Waals surface area contributed by atoms with Crippen molar-refractivity contribution in [1.82, 2.24) is 5.32 Å². The molecule has 1 rings (SSSR count). The molecule has 1 aromatic carbocycles. The first-order valence-corrected chi connectivity index (χ1v) is 6.47. The number of rotatable bonds is 6. The van der Waals surface area contributed by atoms with Crippen LogP contribution in [0.4, 0.5) is 0 Å². The van der Waals surface area contributed by atoms with Crippen molar-refractivity contribution in [3.63, 3.8) is 0 Å². The molecule has 1 N–H and O–H groups in total. The summed E-state index contributed by atoms with van der Waals surface area (Å²) in [4.78, 5) is 11.5. The quantitative estimate of drug-likeness (QED) is 0.803. The highest BCUT2D eigenvalue weighted by Crippen LogP contribution is 2.19. The monoisotopic (exact) mass is 265 g/mol. The summed E-state index contributed by atoms with van der Waals surface area (Å²) in [5.74, 6) is 0.472. The summed E-state index contributed by atoms with van der Waals surface area (Å²) in [5, 5.41) is 3.41. The summed E-state index contributed by atoms with van der Waals surface area (Å²) >= 11 is 0. The van der Waals surface area contributed by atoms with Gasteiger partial charge in [-0.15, -0.1) is 0 Å². The molecule has 0 aliphatic carbocycles. The number of carbonyl (C=O) groups excluding carboxylic acids is 1. The van der Waals surface area contributed by atoms with Crippen LogP contribution in [0.2, 0.25) is 0 Å². The maximum absolute atomic E-state index is 11.5. The van der Waals surface area contributed by atoms with Crippen LogP contribution in [0.15, 0.2) is 24.3 Å². The fourth-order valence-electron chi connectivity index (χ4n) is 1.92. The van der Waals surface area contributed by atoms with Gasteiger partial charge in [0, 0.05) is 12.1 Å². The predicted octanol–water partition coefficient (Wildman–Crippen LogP) is 2.54. The maximum Gasteiger partial charge on any atom is 0.309 e. The highest BCUT2D eigenvalue weighted by Gasteiger charge is 2.22. The molecular formula is C15H23NO3. The summed E-state index contributed by atoms with van der Waals surface area (Å²) in [6.07, 6.45) is 0. The van der Waals surface area contributed by atoms with Gasteiger partial charge in [-0.1, -0.05) is 19.1 Å². The minimum absolute atomic E-state index is 0.0459. The smallest absolute Gasteiger partial charge is 0.309 e. The van der Waals surface area contributed by atoms with Gasteiger partial charge in [-0.05, 0) is 31.5 Å². The molecule has 0 amide bonds. The average molecular weight is 265 g/mol. The lowest BCUT2D eigenvalue weighted by Crippen LogP contribution is -2.38. The number of methoxy groups -OCH3 is 2. The number of benzene rings is 1. The Morgan fingerprint density at radius 2 is 1.68 bits per heavy atom. The highest BCUT2D eigenvalue weighted by molar-refractivity contribution is 5.72. The van der Waals surface area contributed by atoms with E-state index in [0.717, 1.165) is 11.3 Å². The molecular weight excluding hydrogens is 242 g/mol. The first-order chi connectivity index (χ1) is 8.99. The van der Waals surface area contributed by atoms with E-state index in [9.17, 15) is 4.79 Å². The molecule has 0 aliphatic heterocycles. The van der Waals surface area contributed by atoms with Crippen LogP contribution in [0, 0.1) is 5.92 Å². The van der Waals surface area contributed by atoms with Crippen LogP contribution in [0.3, 0.4) is 0 Å². The number of hydrogen-bond acceptors (Lipinski definition) is 4. The Morgan fingerprint density at radius 1 is 1.11 bits per heavy atom. The zero-order valence-electron chi connectivity index (χ0n) is 12.3. The molecule has 0 heterocycles. The number of ether oxygens (including phenoxy) is 2. The summed E-state index contributed by atoms with van der Waals surface area (Å²) in [6.45, 7) is 5.92. The van der Waals surface area contributed by atoms with E-state index >= 15 is 0 Å². The maximum atomic E-state index is 11.5. The fraction of sp³-hybridized carbons (Fsp3) is 0.533. The van der Waals surface area contributed by atoms with E-state index in [2.05, 4.69) is 12.2 Å². The molecule has 0 fully saturated rings. The van der Waals surface area contributed by atoms with Crippen molar-refractivity contribution in [2.24, 2.45) is 5.92 Å². The van der Waals surface area contributed by atoms with Crippen LogP contribution >= 0.6 is 0 Å². The van der Waals surface area contributed by atoms with Gasteiger partial charge >= 0.3 is 5.97 Å². The van der Waals surface area contributed by atoms with E-state index in [0.29, 0.717) is 0 Å². The van der Waals surface area contributed by atoms with Crippen LogP contribution in [-0.4, -0.2) is 26.2 Å². The first kappa shape index (κ1) is 15.5. The van der Waals surface area contributed by atoms with Crippen molar-refractivity contribution in [3.8, 4) is 5.75 Å². The largest absolute Gasteiger partial charge is 0.497 e. The first-order valence-electron chi connectivity index (χ1n) is 6.47. The topological polar surface area (TPSA) is 47.6 Å². The van der Waals surface area contributed by atoms with Gasteiger partial charge in [-0.25, -0.2) is 0 Å². The molecule has 0 radical (unpaired) electrons. The lowest BCUT2D eigenvalue weighted by molar-refractivity contribution is -0.145. The number of hydrogen-bond donors (Lipinski definition) is 1. The Bertz CT molecular complexity index is 402. The molecule has 0 aliphatic rings. The van der Waals surface area contributed by atoms with E-state index in [1.165, 1.54) is 7.11 Å². The minimum atomic E-state index is -0.193. The van der Waals surface area contributed by atoms with Gasteiger partial charge in [-0.3, -0.25) is 4.79 Å². The Balaban J connectivity index is 2.62. The standard InChI is InChI=1S/C15H23NO3/c1-10(15(17)19-5)11(2)16-12(3)13-6-8-14(18-4)9-7-13/h6-12,16H,1-5H3. The van der Waals surface area contributed by atoms with Crippen LogP contribution in [0.5, 0.6) is 5.75 Å². The zero-order chi connectivity index (χ0) is 14.4. The second kappa shape index (κ2) is 7.14. The van der Waals surface area contributed by atoms with Crippen LogP contribution in [-0.2, 0) is 9.53 Å². The molecule has 4 nitrogen and oxygen atoms in total. The van der Waals surface area contributed by atoms with Gasteiger partial charge in [-0.2, -0.15) is 0 Å². The third kappa shape index (κ3) is 4.24.